The van der Waals surface area contributed by atoms with Crippen molar-refractivity contribution < 1.29 is 0 Å². The molecule has 2 heterocycles. The van der Waals surface area contributed by atoms with Crippen LogP contribution in [0.25, 0.3) is 0 Å². The van der Waals surface area contributed by atoms with E-state index in [9.17, 15) is 0 Å². The summed E-state index contributed by atoms with van der Waals surface area (Å²) in [7, 11) is 0. The fourth-order valence-corrected chi connectivity index (χ4v) is 4.29. The second-order valence-electron chi connectivity index (χ2n) is 6.61. The van der Waals surface area contributed by atoms with E-state index in [1.54, 1.807) is 0 Å². The molecule has 1 fully saturated rings. The number of pyridine rings is 1. The number of nitrogens with zero attached hydrogens (tertiary/aromatic N) is 1. The highest BCUT2D eigenvalue weighted by molar-refractivity contribution is 5.85. The van der Waals surface area contributed by atoms with Crippen molar-refractivity contribution in [3.05, 3.63) is 65.0 Å². The SMILES string of the molecule is Cc1ccc(CC23CCNC2CCc2ncccc23)cc1.Cl. The summed E-state index contributed by atoms with van der Waals surface area (Å²) in [5, 5.41) is 3.74. The van der Waals surface area contributed by atoms with Crippen LogP contribution in [-0.4, -0.2) is 17.6 Å². The molecule has 4 rings (SSSR count). The van der Waals surface area contributed by atoms with E-state index < -0.39 is 0 Å². The van der Waals surface area contributed by atoms with E-state index in [0.29, 0.717) is 6.04 Å². The minimum Gasteiger partial charge on any atom is -0.313 e. The van der Waals surface area contributed by atoms with Gasteiger partial charge in [0, 0.05) is 23.3 Å². The highest BCUT2D eigenvalue weighted by Crippen LogP contribution is 2.44. The maximum atomic E-state index is 4.65. The zero-order valence-corrected chi connectivity index (χ0v) is 13.8. The molecule has 0 radical (unpaired) electrons. The van der Waals surface area contributed by atoms with Gasteiger partial charge in [-0.2, -0.15) is 0 Å². The van der Waals surface area contributed by atoms with E-state index in [1.165, 1.54) is 35.2 Å². The normalized spacial score (nSPS) is 26.0. The third-order valence-electron chi connectivity index (χ3n) is 5.37. The van der Waals surface area contributed by atoms with Gasteiger partial charge in [-0.25, -0.2) is 0 Å². The molecular formula is C19H23ClN2. The van der Waals surface area contributed by atoms with Crippen LogP contribution in [0.1, 0.15) is 35.2 Å². The summed E-state index contributed by atoms with van der Waals surface area (Å²) in [6.07, 6.45) is 6.63. The summed E-state index contributed by atoms with van der Waals surface area (Å²) in [6.45, 7) is 3.28. The molecule has 0 spiro atoms. The van der Waals surface area contributed by atoms with E-state index in [4.69, 9.17) is 0 Å². The van der Waals surface area contributed by atoms with E-state index in [1.807, 2.05) is 6.20 Å². The first kappa shape index (κ1) is 15.5. The van der Waals surface area contributed by atoms with Gasteiger partial charge in [-0.3, -0.25) is 4.98 Å². The van der Waals surface area contributed by atoms with Crippen LogP contribution in [-0.2, 0) is 18.3 Å². The predicted molar refractivity (Wildman–Crippen MR) is 92.8 cm³/mol. The fourth-order valence-electron chi connectivity index (χ4n) is 4.29. The van der Waals surface area contributed by atoms with Crippen molar-refractivity contribution in [3.8, 4) is 0 Å². The number of hydrogen-bond acceptors (Lipinski definition) is 2. The minimum atomic E-state index is 0. The Kier molecular flexibility index (Phi) is 4.24. The molecule has 1 N–H and O–H groups in total. The number of aromatic nitrogens is 1. The molecule has 0 amide bonds. The lowest BCUT2D eigenvalue weighted by Crippen LogP contribution is -2.46. The van der Waals surface area contributed by atoms with E-state index in [-0.39, 0.29) is 17.8 Å². The second-order valence-corrected chi connectivity index (χ2v) is 6.61. The van der Waals surface area contributed by atoms with Crippen molar-refractivity contribution in [3.63, 3.8) is 0 Å². The molecule has 1 aliphatic carbocycles. The predicted octanol–water partition coefficient (Wildman–Crippen LogP) is 3.60. The van der Waals surface area contributed by atoms with Crippen molar-refractivity contribution in [1.82, 2.24) is 10.3 Å². The maximum absolute atomic E-state index is 4.65. The Balaban J connectivity index is 0.00000144. The first-order valence-electron chi connectivity index (χ1n) is 8.01. The molecule has 1 aromatic carbocycles. The van der Waals surface area contributed by atoms with Crippen LogP contribution < -0.4 is 5.32 Å². The van der Waals surface area contributed by atoms with Gasteiger partial charge in [0.25, 0.3) is 0 Å². The molecule has 1 aliphatic heterocycles. The summed E-state index contributed by atoms with van der Waals surface area (Å²) in [4.78, 5) is 4.65. The summed E-state index contributed by atoms with van der Waals surface area (Å²) < 4.78 is 0. The van der Waals surface area contributed by atoms with Crippen LogP contribution in [0.4, 0.5) is 0 Å². The Morgan fingerprint density at radius 1 is 1.23 bits per heavy atom. The molecule has 2 nitrogen and oxygen atoms in total. The van der Waals surface area contributed by atoms with Crippen LogP contribution in [0.15, 0.2) is 42.6 Å². The van der Waals surface area contributed by atoms with Gasteiger partial charge in [0.05, 0.1) is 0 Å². The average molecular weight is 315 g/mol. The van der Waals surface area contributed by atoms with Gasteiger partial charge in [-0.15, -0.1) is 12.4 Å². The number of aryl methyl sites for hydroxylation is 2. The van der Waals surface area contributed by atoms with Crippen molar-refractivity contribution in [2.45, 2.75) is 44.1 Å². The molecule has 0 bridgehead atoms. The molecule has 0 saturated carbocycles. The molecule has 22 heavy (non-hydrogen) atoms. The van der Waals surface area contributed by atoms with E-state index in [2.05, 4.69) is 53.6 Å². The molecule has 1 aromatic heterocycles. The maximum Gasteiger partial charge on any atom is 0.0442 e. The third-order valence-corrected chi connectivity index (χ3v) is 5.37. The van der Waals surface area contributed by atoms with Gasteiger partial charge in [0.2, 0.25) is 0 Å². The number of hydrogen-bond donors (Lipinski definition) is 1. The largest absolute Gasteiger partial charge is 0.313 e. The molecule has 2 unspecified atom stereocenters. The third kappa shape index (κ3) is 2.45. The van der Waals surface area contributed by atoms with Crippen molar-refractivity contribution in [2.75, 3.05) is 6.54 Å². The topological polar surface area (TPSA) is 24.9 Å². The minimum absolute atomic E-state index is 0. The Bertz CT molecular complexity index is 653. The van der Waals surface area contributed by atoms with Gasteiger partial charge >= 0.3 is 0 Å². The summed E-state index contributed by atoms with van der Waals surface area (Å²) in [5.74, 6) is 0. The summed E-state index contributed by atoms with van der Waals surface area (Å²) in [5.41, 5.74) is 5.85. The zero-order valence-electron chi connectivity index (χ0n) is 13.0. The molecule has 2 aromatic rings. The average Bonchev–Trinajstić information content (AvgIpc) is 2.94. The summed E-state index contributed by atoms with van der Waals surface area (Å²) in [6, 6.07) is 14.1. The number of rotatable bonds is 2. The van der Waals surface area contributed by atoms with Gasteiger partial charge in [-0.05, 0) is 56.3 Å². The molecule has 2 atom stereocenters. The fraction of sp³-hybridized carbons (Fsp3) is 0.421. The van der Waals surface area contributed by atoms with Crippen LogP contribution in [0, 0.1) is 6.92 Å². The molecule has 3 heteroatoms. The first-order chi connectivity index (χ1) is 10.3. The lowest BCUT2D eigenvalue weighted by molar-refractivity contribution is 0.323. The van der Waals surface area contributed by atoms with Gasteiger partial charge in [0.1, 0.15) is 0 Å². The smallest absolute Gasteiger partial charge is 0.0442 e. The van der Waals surface area contributed by atoms with Crippen LogP contribution in [0.3, 0.4) is 0 Å². The van der Waals surface area contributed by atoms with Crippen LogP contribution in [0.2, 0.25) is 0 Å². The quantitative estimate of drug-likeness (QED) is 0.916. The van der Waals surface area contributed by atoms with Gasteiger partial charge < -0.3 is 5.32 Å². The highest BCUT2D eigenvalue weighted by atomic mass is 35.5. The van der Waals surface area contributed by atoms with Crippen molar-refractivity contribution in [1.29, 1.82) is 0 Å². The lowest BCUT2D eigenvalue weighted by atomic mass is 9.65. The lowest BCUT2D eigenvalue weighted by Gasteiger charge is -2.40. The number of benzene rings is 1. The molecule has 116 valence electrons. The van der Waals surface area contributed by atoms with Crippen LogP contribution in [0.5, 0.6) is 0 Å². The monoisotopic (exact) mass is 314 g/mol. The molecule has 1 saturated heterocycles. The van der Waals surface area contributed by atoms with Crippen LogP contribution >= 0.6 is 12.4 Å². The van der Waals surface area contributed by atoms with Gasteiger partial charge in [-0.1, -0.05) is 35.9 Å². The Morgan fingerprint density at radius 2 is 2.05 bits per heavy atom. The Hall–Kier alpha value is -1.38. The standard InChI is InChI=1S/C19H22N2.ClH/c1-14-4-6-15(7-5-14)13-19-10-12-21-18(19)9-8-17-16(19)3-2-11-20-17;/h2-7,11,18,21H,8-10,12-13H2,1H3;1H. The highest BCUT2D eigenvalue weighted by Gasteiger charge is 2.47. The number of nitrogens with one attached hydrogen (secondary N) is 1. The Labute approximate surface area is 138 Å². The van der Waals surface area contributed by atoms with Crippen molar-refractivity contribution in [2.24, 2.45) is 0 Å². The Morgan fingerprint density at radius 3 is 2.86 bits per heavy atom. The van der Waals surface area contributed by atoms with Gasteiger partial charge in [0.15, 0.2) is 0 Å². The van der Waals surface area contributed by atoms with E-state index in [0.717, 1.165) is 19.4 Å². The number of fused-ring (bicyclic) bond motifs is 3. The molecule has 2 aliphatic rings. The second kappa shape index (κ2) is 6.02. The van der Waals surface area contributed by atoms with Crippen molar-refractivity contribution >= 4 is 12.4 Å². The first-order valence-corrected chi connectivity index (χ1v) is 8.01. The number of halogens is 1. The summed E-state index contributed by atoms with van der Waals surface area (Å²) >= 11 is 0. The molecular weight excluding hydrogens is 292 g/mol. The zero-order chi connectivity index (χ0) is 14.3. The van der Waals surface area contributed by atoms with E-state index >= 15 is 0 Å².